The first-order valence-corrected chi connectivity index (χ1v) is 5.58. The highest BCUT2D eigenvalue weighted by atomic mass is 32.1. The van der Waals surface area contributed by atoms with Crippen LogP contribution in [-0.2, 0) is 18.0 Å². The number of nitrogens with one attached hydrogen (secondary N) is 1. The smallest absolute Gasteiger partial charge is 0.161 e. The van der Waals surface area contributed by atoms with Crippen LogP contribution < -0.4 is 0 Å². The molecule has 0 aliphatic rings. The third-order valence-corrected chi connectivity index (χ3v) is 2.59. The van der Waals surface area contributed by atoms with Crippen molar-refractivity contribution in [3.05, 3.63) is 53.1 Å². The lowest BCUT2D eigenvalue weighted by Gasteiger charge is -2.05. The van der Waals surface area contributed by atoms with Gasteiger partial charge in [0.25, 0.3) is 0 Å². The molecule has 0 amide bonds. The lowest BCUT2D eigenvalue weighted by atomic mass is 10.2. The molecule has 0 unspecified atom stereocenters. The van der Waals surface area contributed by atoms with Crippen molar-refractivity contribution in [1.29, 1.82) is 0 Å². The van der Waals surface area contributed by atoms with Gasteiger partial charge >= 0.3 is 0 Å². The van der Waals surface area contributed by atoms with Crippen LogP contribution >= 0.6 is 12.6 Å². The molecule has 0 aliphatic heterocycles. The first-order valence-electron chi connectivity index (χ1n) is 5.13. The van der Waals surface area contributed by atoms with Crippen molar-refractivity contribution in [3.63, 3.8) is 0 Å². The molecule has 0 saturated carbocycles. The Morgan fingerprint density at radius 3 is 2.39 bits per heavy atom. The maximum Gasteiger partial charge on any atom is 0.161 e. The zero-order chi connectivity index (χ0) is 13.1. The van der Waals surface area contributed by atoms with Crippen LogP contribution in [0.1, 0.15) is 11.3 Å². The van der Waals surface area contributed by atoms with Gasteiger partial charge in [-0.1, -0.05) is 0 Å². The van der Waals surface area contributed by atoms with Crippen molar-refractivity contribution in [3.8, 4) is 0 Å². The lowest BCUT2D eigenvalue weighted by Crippen LogP contribution is -1.99. The number of thiol groups is 1. The van der Waals surface area contributed by atoms with Crippen molar-refractivity contribution >= 4 is 12.6 Å². The topological polar surface area (TPSA) is 25.0 Å². The summed E-state index contributed by atoms with van der Waals surface area (Å²) in [6.07, 6.45) is 1.68. The summed E-state index contributed by atoms with van der Waals surface area (Å²) in [4.78, 5) is 3.65. The molecule has 0 aliphatic carbocycles. The third-order valence-electron chi connectivity index (χ3n) is 2.33. The van der Waals surface area contributed by atoms with Gasteiger partial charge in [-0.2, -0.15) is 0 Å². The fourth-order valence-electron chi connectivity index (χ4n) is 1.46. The van der Waals surface area contributed by atoms with E-state index < -0.39 is 17.5 Å². The second kappa shape index (κ2) is 5.49. The predicted octanol–water partition coefficient (Wildman–Crippen LogP) is 3.44. The van der Waals surface area contributed by atoms with Crippen LogP contribution in [-0.4, -0.2) is 4.98 Å². The van der Waals surface area contributed by atoms with Crippen LogP contribution in [0.25, 0.3) is 0 Å². The number of hydrogen-bond donors (Lipinski definition) is 2. The number of ether oxygens (including phenoxy) is 1. The third kappa shape index (κ3) is 3.08. The van der Waals surface area contributed by atoms with E-state index in [-0.39, 0.29) is 18.8 Å². The van der Waals surface area contributed by atoms with E-state index in [0.29, 0.717) is 6.07 Å². The number of rotatable bonds is 4. The van der Waals surface area contributed by atoms with E-state index in [0.717, 1.165) is 16.7 Å². The zero-order valence-electron chi connectivity index (χ0n) is 9.21. The molecule has 96 valence electrons. The molecule has 0 spiro atoms. The van der Waals surface area contributed by atoms with Gasteiger partial charge in [-0.15, -0.1) is 12.6 Å². The SMILES string of the molecule is Fc1cc(F)c(COCc2cc(S)c[nH]2)cc1F. The summed E-state index contributed by atoms with van der Waals surface area (Å²) in [7, 11) is 0. The second-order valence-corrected chi connectivity index (χ2v) is 4.25. The van der Waals surface area contributed by atoms with Crippen LogP contribution in [0.4, 0.5) is 13.2 Å². The number of H-pyrrole nitrogens is 1. The number of aromatic amines is 1. The highest BCUT2D eigenvalue weighted by molar-refractivity contribution is 7.80. The van der Waals surface area contributed by atoms with Crippen molar-refractivity contribution in [2.24, 2.45) is 0 Å². The van der Waals surface area contributed by atoms with Gasteiger partial charge in [0.2, 0.25) is 0 Å². The summed E-state index contributed by atoms with van der Waals surface area (Å²) < 4.78 is 44.0. The lowest BCUT2D eigenvalue weighted by molar-refractivity contribution is 0.102. The molecule has 0 saturated heterocycles. The van der Waals surface area contributed by atoms with Gasteiger partial charge in [-0.3, -0.25) is 0 Å². The first kappa shape index (κ1) is 13.0. The van der Waals surface area contributed by atoms with E-state index in [1.54, 1.807) is 12.3 Å². The predicted molar refractivity (Wildman–Crippen MR) is 62.9 cm³/mol. The van der Waals surface area contributed by atoms with E-state index >= 15 is 0 Å². The molecule has 2 aromatic rings. The minimum atomic E-state index is -1.21. The molecule has 6 heteroatoms. The summed E-state index contributed by atoms with van der Waals surface area (Å²) in [6, 6.07) is 3.06. The second-order valence-electron chi connectivity index (χ2n) is 3.73. The summed E-state index contributed by atoms with van der Waals surface area (Å²) in [5.41, 5.74) is 0.745. The van der Waals surface area contributed by atoms with Crippen LogP contribution in [0, 0.1) is 17.5 Å². The highest BCUT2D eigenvalue weighted by Gasteiger charge is 2.09. The van der Waals surface area contributed by atoms with E-state index in [2.05, 4.69) is 17.6 Å². The van der Waals surface area contributed by atoms with Crippen LogP contribution in [0.2, 0.25) is 0 Å². The number of halogens is 3. The van der Waals surface area contributed by atoms with Crippen molar-refractivity contribution < 1.29 is 17.9 Å². The van der Waals surface area contributed by atoms with Gasteiger partial charge in [0, 0.05) is 28.4 Å². The Kier molecular flexibility index (Phi) is 3.98. The fraction of sp³-hybridized carbons (Fsp3) is 0.167. The fourth-order valence-corrected chi connectivity index (χ4v) is 1.68. The van der Waals surface area contributed by atoms with Gasteiger partial charge in [0.05, 0.1) is 13.2 Å². The summed E-state index contributed by atoms with van der Waals surface area (Å²) in [5, 5.41) is 0. The van der Waals surface area contributed by atoms with Crippen LogP contribution in [0.15, 0.2) is 29.3 Å². The maximum atomic E-state index is 13.3. The largest absolute Gasteiger partial charge is 0.370 e. The molecule has 2 rings (SSSR count). The Labute approximate surface area is 107 Å². The molecule has 0 bridgehead atoms. The van der Waals surface area contributed by atoms with Gasteiger partial charge in [0.1, 0.15) is 5.82 Å². The van der Waals surface area contributed by atoms with Crippen molar-refractivity contribution in [2.75, 3.05) is 0 Å². The number of hydrogen-bond acceptors (Lipinski definition) is 2. The standard InChI is InChI=1S/C12H10F3NOS/c13-10-3-12(15)11(14)1-7(10)5-17-6-8-2-9(18)4-16-8/h1-4,16,18H,5-6H2. The van der Waals surface area contributed by atoms with Gasteiger partial charge in [0.15, 0.2) is 11.6 Å². The Bertz CT molecular complexity index is 556. The van der Waals surface area contributed by atoms with E-state index in [1.807, 2.05) is 0 Å². The molecule has 1 heterocycles. The van der Waals surface area contributed by atoms with Gasteiger partial charge in [-0.05, 0) is 12.1 Å². The molecule has 1 aromatic heterocycles. The quantitative estimate of drug-likeness (QED) is 0.647. The molecule has 18 heavy (non-hydrogen) atoms. The normalized spacial score (nSPS) is 10.9. The molecule has 1 N–H and O–H groups in total. The average Bonchev–Trinajstić information content (AvgIpc) is 2.71. The Morgan fingerprint density at radius 2 is 1.72 bits per heavy atom. The molecular formula is C12H10F3NOS. The first-order chi connectivity index (χ1) is 8.56. The molecule has 1 aromatic carbocycles. The maximum absolute atomic E-state index is 13.3. The Morgan fingerprint density at radius 1 is 1.00 bits per heavy atom. The van der Waals surface area contributed by atoms with Gasteiger partial charge in [-0.25, -0.2) is 13.2 Å². The number of benzene rings is 1. The van der Waals surface area contributed by atoms with Crippen LogP contribution in [0.3, 0.4) is 0 Å². The molecular weight excluding hydrogens is 263 g/mol. The minimum Gasteiger partial charge on any atom is -0.370 e. The number of aromatic nitrogens is 1. The molecule has 0 atom stereocenters. The van der Waals surface area contributed by atoms with Gasteiger partial charge < -0.3 is 9.72 Å². The summed E-state index contributed by atoms with van der Waals surface area (Å²) in [6.45, 7) is 0.0724. The van der Waals surface area contributed by atoms with Crippen molar-refractivity contribution in [2.45, 2.75) is 18.1 Å². The van der Waals surface area contributed by atoms with E-state index in [1.165, 1.54) is 0 Å². The average molecular weight is 273 g/mol. The summed E-state index contributed by atoms with van der Waals surface area (Å²) >= 11 is 4.10. The van der Waals surface area contributed by atoms with E-state index in [9.17, 15) is 13.2 Å². The van der Waals surface area contributed by atoms with Crippen molar-refractivity contribution in [1.82, 2.24) is 4.98 Å². The minimum absolute atomic E-state index is 0.0217. The zero-order valence-corrected chi connectivity index (χ0v) is 10.1. The van der Waals surface area contributed by atoms with E-state index in [4.69, 9.17) is 4.74 Å². The Hall–Kier alpha value is -1.40. The monoisotopic (exact) mass is 273 g/mol. The Balaban J connectivity index is 1.96. The molecule has 2 nitrogen and oxygen atoms in total. The molecule has 0 radical (unpaired) electrons. The highest BCUT2D eigenvalue weighted by Crippen LogP contribution is 2.15. The van der Waals surface area contributed by atoms with Crippen LogP contribution in [0.5, 0.6) is 0 Å². The summed E-state index contributed by atoms with van der Waals surface area (Å²) in [5.74, 6) is -3.12. The molecule has 0 fully saturated rings.